The fourth-order valence-electron chi connectivity index (χ4n) is 3.05. The Hall–Kier alpha value is -1.40. The zero-order chi connectivity index (χ0) is 15.5. The second-order valence-corrected chi connectivity index (χ2v) is 6.00. The Bertz CT molecular complexity index is 441. The molecule has 1 aliphatic heterocycles. The number of carboxylic acids is 1. The molecule has 0 spiro atoms. The maximum Gasteiger partial charge on any atom is 0.329 e. The normalized spacial score (nSPS) is 20.8. The van der Waals surface area contributed by atoms with Crippen LogP contribution in [0.4, 0.5) is 0 Å². The van der Waals surface area contributed by atoms with Gasteiger partial charge in [-0.3, -0.25) is 9.69 Å². The van der Waals surface area contributed by atoms with Gasteiger partial charge in [-0.05, 0) is 33.1 Å². The van der Waals surface area contributed by atoms with Gasteiger partial charge < -0.3 is 14.7 Å². The summed E-state index contributed by atoms with van der Waals surface area (Å²) in [6.07, 6.45) is 5.32. The van der Waals surface area contributed by atoms with E-state index < -0.39 is 11.6 Å². The van der Waals surface area contributed by atoms with Crippen molar-refractivity contribution in [2.75, 3.05) is 32.8 Å². The summed E-state index contributed by atoms with van der Waals surface area (Å²) >= 11 is 0. The number of carbonyl (C=O) groups is 2. The summed E-state index contributed by atoms with van der Waals surface area (Å²) in [6.45, 7) is 5.86. The number of carboxylic acid groups (broad SMARTS) is 1. The Kier molecular flexibility index (Phi) is 5.00. The van der Waals surface area contributed by atoms with Crippen molar-refractivity contribution in [2.24, 2.45) is 0 Å². The number of allylic oxidation sites excluding steroid dienone is 2. The van der Waals surface area contributed by atoms with Crippen LogP contribution in [0, 0.1) is 0 Å². The van der Waals surface area contributed by atoms with Crippen LogP contribution >= 0.6 is 0 Å². The van der Waals surface area contributed by atoms with Crippen LogP contribution in [0.15, 0.2) is 11.8 Å². The summed E-state index contributed by atoms with van der Waals surface area (Å²) < 4.78 is 5.35. The molecule has 0 aromatic carbocycles. The third kappa shape index (κ3) is 4.04. The highest BCUT2D eigenvalue weighted by Crippen LogP contribution is 2.26. The van der Waals surface area contributed by atoms with E-state index in [1.165, 1.54) is 0 Å². The first kappa shape index (κ1) is 16.0. The van der Waals surface area contributed by atoms with Crippen LogP contribution in [-0.2, 0) is 14.3 Å². The largest absolute Gasteiger partial charge is 0.480 e. The van der Waals surface area contributed by atoms with Gasteiger partial charge in [-0.25, -0.2) is 4.79 Å². The molecule has 6 heteroatoms. The van der Waals surface area contributed by atoms with Crippen molar-refractivity contribution in [3.05, 3.63) is 11.8 Å². The van der Waals surface area contributed by atoms with Gasteiger partial charge in [0.25, 0.3) is 0 Å². The third-order valence-corrected chi connectivity index (χ3v) is 4.00. The SMILES string of the molecule is CCN(C(=O)CN1CC(C)(OCC(=O)O)C1)C1=CCCC1. The van der Waals surface area contributed by atoms with Gasteiger partial charge in [0.1, 0.15) is 6.61 Å². The molecule has 0 aromatic heterocycles. The summed E-state index contributed by atoms with van der Waals surface area (Å²) in [5, 5.41) is 8.63. The van der Waals surface area contributed by atoms with Gasteiger partial charge in [0.2, 0.25) is 5.91 Å². The molecule has 0 aromatic rings. The first-order valence-corrected chi connectivity index (χ1v) is 7.51. The minimum Gasteiger partial charge on any atom is -0.480 e. The summed E-state index contributed by atoms with van der Waals surface area (Å²) in [5.41, 5.74) is 0.704. The van der Waals surface area contributed by atoms with Crippen molar-refractivity contribution < 1.29 is 19.4 Å². The molecule has 1 N–H and O–H groups in total. The van der Waals surface area contributed by atoms with E-state index in [4.69, 9.17) is 9.84 Å². The molecule has 0 atom stereocenters. The summed E-state index contributed by atoms with van der Waals surface area (Å²) in [5.74, 6) is -0.845. The number of likely N-dealkylation sites (tertiary alicyclic amines) is 1. The minimum absolute atomic E-state index is 0.117. The molecule has 21 heavy (non-hydrogen) atoms. The lowest BCUT2D eigenvalue weighted by molar-refractivity contribution is -0.167. The quantitative estimate of drug-likeness (QED) is 0.761. The molecule has 1 heterocycles. The van der Waals surface area contributed by atoms with E-state index >= 15 is 0 Å². The van der Waals surface area contributed by atoms with E-state index in [0.29, 0.717) is 26.2 Å². The van der Waals surface area contributed by atoms with Crippen molar-refractivity contribution in [3.63, 3.8) is 0 Å². The third-order valence-electron chi connectivity index (χ3n) is 4.00. The smallest absolute Gasteiger partial charge is 0.329 e. The molecule has 2 aliphatic rings. The maximum atomic E-state index is 12.4. The van der Waals surface area contributed by atoms with Crippen molar-refractivity contribution in [2.45, 2.75) is 38.7 Å². The second kappa shape index (κ2) is 6.58. The van der Waals surface area contributed by atoms with Crippen molar-refractivity contribution >= 4 is 11.9 Å². The zero-order valence-electron chi connectivity index (χ0n) is 12.8. The van der Waals surface area contributed by atoms with E-state index in [9.17, 15) is 9.59 Å². The molecule has 0 unspecified atom stereocenters. The lowest BCUT2D eigenvalue weighted by atomic mass is 9.96. The summed E-state index contributed by atoms with van der Waals surface area (Å²) in [6, 6.07) is 0. The monoisotopic (exact) mass is 296 g/mol. The van der Waals surface area contributed by atoms with E-state index in [0.717, 1.165) is 25.0 Å². The number of likely N-dealkylation sites (N-methyl/N-ethyl adjacent to an activating group) is 1. The van der Waals surface area contributed by atoms with Crippen LogP contribution in [-0.4, -0.2) is 65.2 Å². The van der Waals surface area contributed by atoms with Gasteiger partial charge in [0, 0.05) is 25.3 Å². The minimum atomic E-state index is -0.962. The Morgan fingerprint density at radius 1 is 1.48 bits per heavy atom. The predicted molar refractivity (Wildman–Crippen MR) is 77.8 cm³/mol. The molecular formula is C15H24N2O4. The maximum absolute atomic E-state index is 12.4. The molecule has 2 rings (SSSR count). The highest BCUT2D eigenvalue weighted by Gasteiger charge is 2.41. The van der Waals surface area contributed by atoms with Crippen LogP contribution in [0.1, 0.15) is 33.1 Å². The van der Waals surface area contributed by atoms with E-state index in [1.807, 2.05) is 23.6 Å². The van der Waals surface area contributed by atoms with E-state index in [1.54, 1.807) is 0 Å². The van der Waals surface area contributed by atoms with Gasteiger partial charge in [-0.15, -0.1) is 0 Å². The molecule has 1 amide bonds. The highest BCUT2D eigenvalue weighted by atomic mass is 16.5. The van der Waals surface area contributed by atoms with E-state index in [2.05, 4.69) is 6.08 Å². The first-order valence-electron chi connectivity index (χ1n) is 7.51. The lowest BCUT2D eigenvalue weighted by Gasteiger charge is -2.47. The number of aliphatic carboxylic acids is 1. The molecule has 0 saturated carbocycles. The molecule has 1 saturated heterocycles. The zero-order valence-corrected chi connectivity index (χ0v) is 12.8. The molecule has 0 bridgehead atoms. The summed E-state index contributed by atoms with van der Waals surface area (Å²) in [7, 11) is 0. The Morgan fingerprint density at radius 3 is 2.71 bits per heavy atom. The average molecular weight is 296 g/mol. The van der Waals surface area contributed by atoms with Crippen molar-refractivity contribution in [1.82, 2.24) is 9.80 Å². The topological polar surface area (TPSA) is 70.1 Å². The molecule has 0 radical (unpaired) electrons. The number of hydrogen-bond acceptors (Lipinski definition) is 4. The molecule has 1 aliphatic carbocycles. The van der Waals surface area contributed by atoms with Crippen molar-refractivity contribution in [1.29, 1.82) is 0 Å². The van der Waals surface area contributed by atoms with Crippen LogP contribution in [0.25, 0.3) is 0 Å². The number of nitrogens with zero attached hydrogens (tertiary/aromatic N) is 2. The number of rotatable bonds is 7. The van der Waals surface area contributed by atoms with E-state index in [-0.39, 0.29) is 12.5 Å². The van der Waals surface area contributed by atoms with Crippen LogP contribution in [0.5, 0.6) is 0 Å². The van der Waals surface area contributed by atoms with Crippen LogP contribution in [0.2, 0.25) is 0 Å². The Morgan fingerprint density at radius 2 is 2.19 bits per heavy atom. The number of ether oxygens (including phenoxy) is 1. The number of hydrogen-bond donors (Lipinski definition) is 1. The number of amides is 1. The fraction of sp³-hybridized carbons (Fsp3) is 0.733. The Labute approximate surface area is 125 Å². The van der Waals surface area contributed by atoms with Gasteiger partial charge in [0.15, 0.2) is 0 Å². The van der Waals surface area contributed by atoms with Crippen molar-refractivity contribution in [3.8, 4) is 0 Å². The van der Waals surface area contributed by atoms with Gasteiger partial charge in [0.05, 0.1) is 12.1 Å². The standard InChI is InChI=1S/C15H24N2O4/c1-3-17(12-6-4-5-7-12)13(18)8-16-10-15(2,11-16)21-9-14(19)20/h6H,3-5,7-11H2,1-2H3,(H,19,20). The summed E-state index contributed by atoms with van der Waals surface area (Å²) in [4.78, 5) is 26.7. The van der Waals surface area contributed by atoms with Crippen LogP contribution in [0.3, 0.4) is 0 Å². The fourth-order valence-corrected chi connectivity index (χ4v) is 3.05. The van der Waals surface area contributed by atoms with Gasteiger partial charge in [-0.1, -0.05) is 6.08 Å². The van der Waals surface area contributed by atoms with Crippen LogP contribution < -0.4 is 0 Å². The first-order chi connectivity index (χ1) is 9.93. The predicted octanol–water partition coefficient (Wildman–Crippen LogP) is 1.08. The molecule has 118 valence electrons. The Balaban J connectivity index is 1.78. The average Bonchev–Trinajstić information content (AvgIpc) is 2.89. The molecule has 1 fully saturated rings. The second-order valence-electron chi connectivity index (χ2n) is 6.00. The molecule has 6 nitrogen and oxygen atoms in total. The highest BCUT2D eigenvalue weighted by molar-refractivity contribution is 5.80. The number of carbonyl (C=O) groups excluding carboxylic acids is 1. The van der Waals surface area contributed by atoms with Gasteiger partial charge in [-0.2, -0.15) is 0 Å². The van der Waals surface area contributed by atoms with Gasteiger partial charge >= 0.3 is 5.97 Å². The molecular weight excluding hydrogens is 272 g/mol. The lowest BCUT2D eigenvalue weighted by Crippen LogP contribution is -2.63.